The van der Waals surface area contributed by atoms with E-state index >= 15 is 0 Å². The molecule has 1 aliphatic heterocycles. The summed E-state index contributed by atoms with van der Waals surface area (Å²) in [5.41, 5.74) is 1.17. The van der Waals surface area contributed by atoms with Crippen molar-refractivity contribution in [3.63, 3.8) is 0 Å². The number of rotatable bonds is 2. The molecule has 4 heteroatoms. The molecule has 0 unspecified atom stereocenters. The molecule has 0 N–H and O–H groups in total. The molecule has 0 spiro atoms. The lowest BCUT2D eigenvalue weighted by Crippen LogP contribution is -2.28. The molecule has 14 heavy (non-hydrogen) atoms. The molecule has 74 valence electrons. The topological polar surface area (TPSA) is 36.5 Å². The van der Waals surface area contributed by atoms with Gasteiger partial charge in [0.25, 0.3) is 0 Å². The number of aryl methyl sites for hydroxylation is 1. The zero-order chi connectivity index (χ0) is 9.97. The molecule has 0 aromatic carbocycles. The summed E-state index contributed by atoms with van der Waals surface area (Å²) < 4.78 is 2.00. The van der Waals surface area contributed by atoms with Crippen LogP contribution in [0, 0.1) is 4.91 Å². The van der Waals surface area contributed by atoms with Gasteiger partial charge in [0, 0.05) is 18.2 Å². The van der Waals surface area contributed by atoms with Gasteiger partial charge in [0.2, 0.25) is 0 Å². The highest BCUT2D eigenvalue weighted by Crippen LogP contribution is 2.30. The third kappa shape index (κ3) is 1.60. The van der Waals surface area contributed by atoms with Gasteiger partial charge in [-0.2, -0.15) is 0 Å². The molecule has 2 heterocycles. The van der Waals surface area contributed by atoms with Crippen LogP contribution in [-0.4, -0.2) is 11.6 Å². The Labute approximate surface area is 83.1 Å². The zero-order valence-electron chi connectivity index (χ0n) is 8.26. The van der Waals surface area contributed by atoms with Gasteiger partial charge < -0.3 is 0 Å². The first kappa shape index (κ1) is 9.12. The van der Waals surface area contributed by atoms with Crippen LogP contribution in [0.5, 0.6) is 0 Å². The molecule has 0 amide bonds. The predicted octanol–water partition coefficient (Wildman–Crippen LogP) is 1.33. The average Bonchev–Trinajstić information content (AvgIpc) is 2.65. The van der Waals surface area contributed by atoms with Crippen molar-refractivity contribution in [2.24, 2.45) is 12.3 Å². The van der Waals surface area contributed by atoms with Crippen LogP contribution in [0.3, 0.4) is 0 Å². The maximum absolute atomic E-state index is 10.5. The minimum Gasteiger partial charge on any atom is -0.253 e. The third-order valence-electron chi connectivity index (χ3n) is 2.68. The maximum Gasteiger partial charge on any atom is 0.173 e. The Kier molecular flexibility index (Phi) is 2.43. The van der Waals surface area contributed by atoms with Crippen LogP contribution in [0.15, 0.2) is 29.8 Å². The molecule has 1 fully saturated rings. The van der Waals surface area contributed by atoms with E-state index in [9.17, 15) is 4.91 Å². The van der Waals surface area contributed by atoms with Crippen LogP contribution in [0.4, 0.5) is 0 Å². The van der Waals surface area contributed by atoms with Crippen molar-refractivity contribution in [1.82, 2.24) is 5.01 Å². The molecule has 4 nitrogen and oxygen atoms in total. The van der Waals surface area contributed by atoms with E-state index in [1.54, 1.807) is 5.01 Å². The van der Waals surface area contributed by atoms with Gasteiger partial charge in [-0.15, -0.1) is 4.91 Å². The van der Waals surface area contributed by atoms with Gasteiger partial charge in [0.05, 0.1) is 11.3 Å². The average molecular weight is 192 g/mol. The molecule has 1 atom stereocenters. The largest absolute Gasteiger partial charge is 0.253 e. The first-order chi connectivity index (χ1) is 6.81. The van der Waals surface area contributed by atoms with Crippen LogP contribution < -0.4 is 4.57 Å². The Balaban J connectivity index is 2.25. The van der Waals surface area contributed by atoms with Gasteiger partial charge in [-0.05, 0) is 18.9 Å². The third-order valence-corrected chi connectivity index (χ3v) is 2.68. The summed E-state index contributed by atoms with van der Waals surface area (Å²) in [5.74, 6) is 0. The number of nitroso groups, excluding NO2 is 1. The maximum atomic E-state index is 10.5. The van der Waals surface area contributed by atoms with E-state index in [2.05, 4.69) is 5.29 Å². The fourth-order valence-corrected chi connectivity index (χ4v) is 2.00. The monoisotopic (exact) mass is 192 g/mol. The van der Waals surface area contributed by atoms with E-state index in [1.807, 2.05) is 36.1 Å². The van der Waals surface area contributed by atoms with Crippen LogP contribution in [-0.2, 0) is 7.05 Å². The second-order valence-electron chi connectivity index (χ2n) is 3.71. The second-order valence-corrected chi connectivity index (χ2v) is 3.71. The summed E-state index contributed by atoms with van der Waals surface area (Å²) in [6.07, 6.45) is 6.11. The molecular formula is C10H14N3O+. The van der Waals surface area contributed by atoms with Crippen LogP contribution in [0.1, 0.15) is 24.4 Å². The molecule has 0 aliphatic carbocycles. The molecule has 0 radical (unpaired) electrons. The number of pyridine rings is 1. The summed E-state index contributed by atoms with van der Waals surface area (Å²) in [6.45, 7) is 0.784. The van der Waals surface area contributed by atoms with Gasteiger partial charge >= 0.3 is 0 Å². The molecule has 0 bridgehead atoms. The highest BCUT2D eigenvalue weighted by molar-refractivity contribution is 5.12. The minimum atomic E-state index is 0.180. The summed E-state index contributed by atoms with van der Waals surface area (Å²) in [4.78, 5) is 10.5. The van der Waals surface area contributed by atoms with Crippen LogP contribution in [0.25, 0.3) is 0 Å². The van der Waals surface area contributed by atoms with E-state index in [0.29, 0.717) is 0 Å². The highest BCUT2D eigenvalue weighted by atomic mass is 16.3. The number of nitrogens with zero attached hydrogens (tertiary/aromatic N) is 3. The van der Waals surface area contributed by atoms with Crippen molar-refractivity contribution >= 4 is 0 Å². The quantitative estimate of drug-likeness (QED) is 0.523. The fraction of sp³-hybridized carbons (Fsp3) is 0.500. The Hall–Kier alpha value is -1.45. The van der Waals surface area contributed by atoms with Crippen LogP contribution in [0.2, 0.25) is 0 Å². The van der Waals surface area contributed by atoms with Crippen molar-refractivity contribution in [1.29, 1.82) is 0 Å². The van der Waals surface area contributed by atoms with Crippen LogP contribution >= 0.6 is 0 Å². The number of aromatic nitrogens is 1. The molecule has 1 saturated heterocycles. The standard InChI is InChI=1S/C10H14N3O/c1-12-6-2-4-9(8-12)10-5-3-7-13(10)11-14/h2,4,6,8,10H,3,5,7H2,1H3/q+1/t10-/m0/s1. The van der Waals surface area contributed by atoms with Gasteiger partial charge in [0.15, 0.2) is 12.4 Å². The Bertz CT molecular complexity index is 340. The van der Waals surface area contributed by atoms with E-state index in [0.717, 1.165) is 19.4 Å². The van der Waals surface area contributed by atoms with E-state index < -0.39 is 0 Å². The molecule has 1 aromatic rings. The smallest absolute Gasteiger partial charge is 0.173 e. The molecule has 0 saturated carbocycles. The lowest BCUT2D eigenvalue weighted by atomic mass is 10.1. The Morgan fingerprint density at radius 2 is 2.50 bits per heavy atom. The van der Waals surface area contributed by atoms with Gasteiger partial charge in [0.1, 0.15) is 7.05 Å². The molecular weight excluding hydrogens is 178 g/mol. The Morgan fingerprint density at radius 3 is 3.21 bits per heavy atom. The van der Waals surface area contributed by atoms with Gasteiger partial charge in [-0.3, -0.25) is 5.01 Å². The first-order valence-corrected chi connectivity index (χ1v) is 4.86. The second kappa shape index (κ2) is 3.74. The SMILES string of the molecule is C[n+]1cccc([C@@H]2CCCN2N=O)c1. The Morgan fingerprint density at radius 1 is 1.64 bits per heavy atom. The van der Waals surface area contributed by atoms with E-state index in [-0.39, 0.29) is 6.04 Å². The molecule has 2 rings (SSSR count). The van der Waals surface area contributed by atoms with Crippen molar-refractivity contribution in [3.8, 4) is 0 Å². The predicted molar refractivity (Wildman–Crippen MR) is 52.1 cm³/mol. The van der Waals surface area contributed by atoms with Gasteiger partial charge in [-0.1, -0.05) is 0 Å². The van der Waals surface area contributed by atoms with Gasteiger partial charge in [-0.25, -0.2) is 4.57 Å². The summed E-state index contributed by atoms with van der Waals surface area (Å²) in [7, 11) is 1.98. The van der Waals surface area contributed by atoms with Crippen molar-refractivity contribution < 1.29 is 4.57 Å². The fourth-order valence-electron chi connectivity index (χ4n) is 2.00. The first-order valence-electron chi connectivity index (χ1n) is 4.86. The van der Waals surface area contributed by atoms with Crippen molar-refractivity contribution in [2.45, 2.75) is 18.9 Å². The lowest BCUT2D eigenvalue weighted by Gasteiger charge is -2.16. The summed E-state index contributed by atoms with van der Waals surface area (Å²) in [5, 5.41) is 4.68. The number of hydrogen-bond donors (Lipinski definition) is 0. The van der Waals surface area contributed by atoms with Crippen molar-refractivity contribution in [2.75, 3.05) is 6.54 Å². The van der Waals surface area contributed by atoms with E-state index in [4.69, 9.17) is 0 Å². The summed E-state index contributed by atoms with van der Waals surface area (Å²) in [6, 6.07) is 4.23. The summed E-state index contributed by atoms with van der Waals surface area (Å²) >= 11 is 0. The van der Waals surface area contributed by atoms with Crippen molar-refractivity contribution in [3.05, 3.63) is 35.0 Å². The minimum absolute atomic E-state index is 0.180. The zero-order valence-corrected chi connectivity index (χ0v) is 8.26. The van der Waals surface area contributed by atoms with E-state index in [1.165, 1.54) is 5.56 Å². The molecule has 1 aliphatic rings. The normalized spacial score (nSPS) is 21.2. The lowest BCUT2D eigenvalue weighted by molar-refractivity contribution is -0.672. The highest BCUT2D eigenvalue weighted by Gasteiger charge is 2.27. The molecule has 1 aromatic heterocycles. The number of hydrogen-bond acceptors (Lipinski definition) is 2.